The predicted octanol–water partition coefficient (Wildman–Crippen LogP) is 5.17. The summed E-state index contributed by atoms with van der Waals surface area (Å²) >= 11 is 0. The lowest BCUT2D eigenvalue weighted by Gasteiger charge is -2.26. The number of rotatable bonds is 7. The van der Waals surface area contributed by atoms with Gasteiger partial charge >= 0.3 is 0 Å². The number of nitrogens with zero attached hydrogens (tertiary/aromatic N) is 1. The number of amides is 1. The van der Waals surface area contributed by atoms with Crippen LogP contribution in [0.4, 0.5) is 0 Å². The highest BCUT2D eigenvalue weighted by Crippen LogP contribution is 2.11. The first-order valence-corrected chi connectivity index (χ1v) is 8.54. The van der Waals surface area contributed by atoms with E-state index < -0.39 is 0 Å². The zero-order valence-corrected chi connectivity index (χ0v) is 13.5. The fourth-order valence-electron chi connectivity index (χ4n) is 2.33. The molecule has 19 heavy (non-hydrogen) atoms. The Morgan fingerprint density at radius 2 is 1.26 bits per heavy atom. The van der Waals surface area contributed by atoms with E-state index in [0.717, 1.165) is 25.9 Å². The molecule has 0 spiro atoms. The number of hydrogen-bond acceptors (Lipinski definition) is 1. The fraction of sp³-hybridized carbons (Fsp3) is 0.941. The van der Waals surface area contributed by atoms with E-state index in [0.29, 0.717) is 5.91 Å². The van der Waals surface area contributed by atoms with Crippen LogP contribution in [-0.2, 0) is 4.79 Å². The molecule has 0 bridgehead atoms. The van der Waals surface area contributed by atoms with Crippen LogP contribution >= 0.6 is 0 Å². The highest BCUT2D eigenvalue weighted by atomic mass is 16.2. The molecule has 2 heteroatoms. The predicted molar refractivity (Wildman–Crippen MR) is 84.4 cm³/mol. The lowest BCUT2D eigenvalue weighted by molar-refractivity contribution is -0.132. The summed E-state index contributed by atoms with van der Waals surface area (Å²) in [4.78, 5) is 13.6. The lowest BCUT2D eigenvalue weighted by atomic mass is 10.1. The van der Waals surface area contributed by atoms with Crippen LogP contribution in [-0.4, -0.2) is 23.9 Å². The van der Waals surface area contributed by atoms with Crippen LogP contribution in [0.3, 0.4) is 0 Å². The van der Waals surface area contributed by atoms with Gasteiger partial charge in [-0.15, -0.1) is 0 Å². The minimum absolute atomic E-state index is 0.383. The Bertz CT molecular complexity index is 193. The van der Waals surface area contributed by atoms with Crippen LogP contribution in [0.15, 0.2) is 0 Å². The molecule has 0 aliphatic carbocycles. The van der Waals surface area contributed by atoms with Gasteiger partial charge in [-0.25, -0.2) is 0 Å². The van der Waals surface area contributed by atoms with Crippen molar-refractivity contribution in [3.63, 3.8) is 0 Å². The van der Waals surface area contributed by atoms with Gasteiger partial charge in [-0.1, -0.05) is 59.3 Å². The van der Waals surface area contributed by atoms with E-state index in [4.69, 9.17) is 0 Å². The first kappa shape index (κ1) is 18.5. The molecular formula is C17H35NO. The Kier molecular flexibility index (Phi) is 13.5. The van der Waals surface area contributed by atoms with Crippen LogP contribution in [0.25, 0.3) is 0 Å². The van der Waals surface area contributed by atoms with Gasteiger partial charge in [-0.2, -0.15) is 0 Å². The Balaban J connectivity index is 0.000000459. The molecule has 114 valence electrons. The Labute approximate surface area is 120 Å². The summed E-state index contributed by atoms with van der Waals surface area (Å²) < 4.78 is 0. The number of piperidine rings is 1. The summed E-state index contributed by atoms with van der Waals surface area (Å²) in [5.41, 5.74) is 0. The molecule has 1 fully saturated rings. The lowest BCUT2D eigenvalue weighted by Crippen LogP contribution is -2.35. The summed E-state index contributed by atoms with van der Waals surface area (Å²) in [7, 11) is 0. The summed E-state index contributed by atoms with van der Waals surface area (Å²) in [6.45, 7) is 8.65. The third-order valence-corrected chi connectivity index (χ3v) is 3.66. The van der Waals surface area contributed by atoms with E-state index in [1.165, 1.54) is 57.8 Å². The van der Waals surface area contributed by atoms with Gasteiger partial charge in [0.25, 0.3) is 0 Å². The maximum Gasteiger partial charge on any atom is 0.222 e. The third-order valence-electron chi connectivity index (χ3n) is 3.66. The normalized spacial score (nSPS) is 14.8. The molecule has 0 aromatic carbocycles. The summed E-state index contributed by atoms with van der Waals surface area (Å²) in [6.07, 6.45) is 13.5. The molecule has 0 atom stereocenters. The van der Waals surface area contributed by atoms with E-state index in [2.05, 4.69) is 20.8 Å². The van der Waals surface area contributed by atoms with Gasteiger partial charge in [-0.05, 0) is 25.7 Å². The van der Waals surface area contributed by atoms with Gasteiger partial charge in [-0.3, -0.25) is 4.79 Å². The third kappa shape index (κ3) is 11.0. The molecule has 1 heterocycles. The molecule has 0 saturated carbocycles. The second-order valence-electron chi connectivity index (χ2n) is 5.61. The first-order valence-electron chi connectivity index (χ1n) is 8.54. The van der Waals surface area contributed by atoms with Crippen molar-refractivity contribution in [2.45, 2.75) is 91.4 Å². The molecule has 1 aliphatic rings. The molecule has 1 rings (SSSR count). The molecule has 1 aliphatic heterocycles. The van der Waals surface area contributed by atoms with Crippen molar-refractivity contribution in [2.75, 3.05) is 13.1 Å². The van der Waals surface area contributed by atoms with Gasteiger partial charge in [0, 0.05) is 19.5 Å². The van der Waals surface area contributed by atoms with Crippen LogP contribution in [0.1, 0.15) is 91.4 Å². The van der Waals surface area contributed by atoms with E-state index >= 15 is 0 Å². The second-order valence-corrected chi connectivity index (χ2v) is 5.61. The topological polar surface area (TPSA) is 20.3 Å². The minimum atomic E-state index is 0.383. The maximum atomic E-state index is 11.6. The Morgan fingerprint density at radius 3 is 1.74 bits per heavy atom. The quantitative estimate of drug-likeness (QED) is 0.584. The molecule has 0 aromatic heterocycles. The first-order chi connectivity index (χ1) is 9.26. The largest absolute Gasteiger partial charge is 0.343 e. The van der Waals surface area contributed by atoms with Gasteiger partial charge in [0.15, 0.2) is 0 Å². The number of carbonyl (C=O) groups excluding carboxylic acids is 1. The monoisotopic (exact) mass is 269 g/mol. The maximum absolute atomic E-state index is 11.6. The number of likely N-dealkylation sites (tertiary alicyclic amines) is 1. The highest BCUT2D eigenvalue weighted by molar-refractivity contribution is 5.76. The van der Waals surface area contributed by atoms with Crippen molar-refractivity contribution in [2.24, 2.45) is 0 Å². The van der Waals surface area contributed by atoms with Gasteiger partial charge in [0.2, 0.25) is 5.91 Å². The second kappa shape index (κ2) is 13.9. The fourth-order valence-corrected chi connectivity index (χ4v) is 2.33. The van der Waals surface area contributed by atoms with E-state index in [1.54, 1.807) is 0 Å². The smallest absolute Gasteiger partial charge is 0.222 e. The van der Waals surface area contributed by atoms with Crippen LogP contribution in [0.2, 0.25) is 0 Å². The van der Waals surface area contributed by atoms with Crippen molar-refractivity contribution in [3.8, 4) is 0 Å². The summed E-state index contributed by atoms with van der Waals surface area (Å²) in [5, 5.41) is 0. The number of unbranched alkanes of at least 4 members (excludes halogenated alkanes) is 5. The number of hydrogen-bond donors (Lipinski definition) is 0. The Morgan fingerprint density at radius 1 is 0.789 bits per heavy atom. The summed E-state index contributed by atoms with van der Waals surface area (Å²) in [5.74, 6) is 0.383. The zero-order chi connectivity index (χ0) is 14.3. The summed E-state index contributed by atoms with van der Waals surface area (Å²) in [6, 6.07) is 0. The van der Waals surface area contributed by atoms with E-state index in [1.807, 2.05) is 4.90 Å². The van der Waals surface area contributed by atoms with Crippen LogP contribution in [0, 0.1) is 0 Å². The molecule has 0 aromatic rings. The minimum Gasteiger partial charge on any atom is -0.343 e. The zero-order valence-electron chi connectivity index (χ0n) is 13.5. The number of carbonyl (C=O) groups is 1. The van der Waals surface area contributed by atoms with Crippen molar-refractivity contribution >= 4 is 5.91 Å². The van der Waals surface area contributed by atoms with Crippen molar-refractivity contribution in [3.05, 3.63) is 0 Å². The molecular weight excluding hydrogens is 234 g/mol. The molecule has 0 N–H and O–H groups in total. The molecule has 0 radical (unpaired) electrons. The van der Waals surface area contributed by atoms with Crippen LogP contribution in [0.5, 0.6) is 0 Å². The molecule has 2 nitrogen and oxygen atoms in total. The average molecular weight is 269 g/mol. The van der Waals surface area contributed by atoms with Gasteiger partial charge in [0.05, 0.1) is 0 Å². The average Bonchev–Trinajstić information content (AvgIpc) is 2.47. The Hall–Kier alpha value is -0.530. The molecule has 0 unspecified atom stereocenters. The van der Waals surface area contributed by atoms with Gasteiger partial charge in [0.1, 0.15) is 0 Å². The molecule has 1 amide bonds. The van der Waals surface area contributed by atoms with Crippen molar-refractivity contribution in [1.82, 2.24) is 4.90 Å². The van der Waals surface area contributed by atoms with Crippen molar-refractivity contribution < 1.29 is 4.79 Å². The highest BCUT2D eigenvalue weighted by Gasteiger charge is 2.15. The SMILES string of the molecule is CCCCCC.CCCCCC(=O)N1CCCCC1. The van der Waals surface area contributed by atoms with Gasteiger partial charge < -0.3 is 4.90 Å². The molecule has 1 saturated heterocycles. The van der Waals surface area contributed by atoms with E-state index in [-0.39, 0.29) is 0 Å². The standard InChI is InChI=1S/C11H21NO.C6H14/c1-2-3-5-8-11(13)12-9-6-4-7-10-12;1-3-5-6-4-2/h2-10H2,1H3;3-6H2,1-2H3. The van der Waals surface area contributed by atoms with E-state index in [9.17, 15) is 4.79 Å². The van der Waals surface area contributed by atoms with Crippen LogP contribution < -0.4 is 0 Å². The van der Waals surface area contributed by atoms with Crippen molar-refractivity contribution in [1.29, 1.82) is 0 Å².